The van der Waals surface area contributed by atoms with Gasteiger partial charge in [-0.2, -0.15) is 9.40 Å². The Balaban J connectivity index is 1.39. The molecule has 0 spiro atoms. The Morgan fingerprint density at radius 2 is 1.76 bits per heavy atom. The van der Waals surface area contributed by atoms with Crippen LogP contribution in [-0.4, -0.2) is 75.4 Å². The van der Waals surface area contributed by atoms with Crippen LogP contribution >= 0.6 is 0 Å². The number of aromatic nitrogens is 2. The fourth-order valence-corrected chi connectivity index (χ4v) is 5.12. The molecule has 2 aliphatic rings. The Morgan fingerprint density at radius 1 is 1.00 bits per heavy atom. The van der Waals surface area contributed by atoms with Gasteiger partial charge in [-0.15, -0.1) is 5.10 Å². The predicted molar refractivity (Wildman–Crippen MR) is 108 cm³/mol. The monoisotopic (exact) mass is 421 g/mol. The minimum absolute atomic E-state index is 0.197. The second-order valence-electron chi connectivity index (χ2n) is 7.14. The molecule has 0 radical (unpaired) electrons. The van der Waals surface area contributed by atoms with E-state index in [-0.39, 0.29) is 5.75 Å². The second kappa shape index (κ2) is 8.60. The van der Waals surface area contributed by atoms with Crippen LogP contribution in [0, 0.1) is 5.82 Å². The second-order valence-corrected chi connectivity index (χ2v) is 9.11. The zero-order valence-electron chi connectivity index (χ0n) is 16.1. The standard InChI is InChI=1S/C19H24FN5O3S/c20-17-3-1-2-16(12-17)15-29(26,27)25-6-4-24(5-7-25)19-13-18(14-21-22-19)23-8-10-28-11-9-23/h1-3,12-14H,4-11,15H2. The van der Waals surface area contributed by atoms with E-state index in [1.807, 2.05) is 11.0 Å². The summed E-state index contributed by atoms with van der Waals surface area (Å²) in [7, 11) is -3.50. The largest absolute Gasteiger partial charge is 0.378 e. The minimum Gasteiger partial charge on any atom is -0.378 e. The summed E-state index contributed by atoms with van der Waals surface area (Å²) in [5, 5.41) is 8.36. The van der Waals surface area contributed by atoms with Gasteiger partial charge in [0.25, 0.3) is 0 Å². The fraction of sp³-hybridized carbons (Fsp3) is 0.474. The Morgan fingerprint density at radius 3 is 2.48 bits per heavy atom. The number of sulfonamides is 1. The summed E-state index contributed by atoms with van der Waals surface area (Å²) in [4.78, 5) is 4.26. The lowest BCUT2D eigenvalue weighted by molar-refractivity contribution is 0.122. The SMILES string of the molecule is O=S(=O)(Cc1cccc(F)c1)N1CCN(c2cc(N3CCOCC3)cnn2)CC1. The van der Waals surface area contributed by atoms with Gasteiger partial charge in [-0.05, 0) is 17.7 Å². The molecule has 29 heavy (non-hydrogen) atoms. The van der Waals surface area contributed by atoms with Crippen LogP contribution in [0.4, 0.5) is 15.9 Å². The zero-order valence-corrected chi connectivity index (χ0v) is 16.9. The van der Waals surface area contributed by atoms with Crippen LogP contribution in [0.25, 0.3) is 0 Å². The predicted octanol–water partition coefficient (Wildman–Crippen LogP) is 1.10. The molecule has 0 N–H and O–H groups in total. The van der Waals surface area contributed by atoms with Gasteiger partial charge in [0.1, 0.15) is 5.82 Å². The molecule has 2 aliphatic heterocycles. The Bertz CT molecular complexity index is 944. The summed E-state index contributed by atoms with van der Waals surface area (Å²) in [6.07, 6.45) is 1.74. The first-order valence-electron chi connectivity index (χ1n) is 9.64. The maximum absolute atomic E-state index is 13.4. The number of hydrogen-bond acceptors (Lipinski definition) is 7. The molecule has 2 aromatic rings. The van der Waals surface area contributed by atoms with Crippen molar-refractivity contribution in [1.29, 1.82) is 0 Å². The van der Waals surface area contributed by atoms with E-state index in [9.17, 15) is 12.8 Å². The van der Waals surface area contributed by atoms with E-state index in [1.165, 1.54) is 22.5 Å². The molecular formula is C19H24FN5O3S. The molecular weight excluding hydrogens is 397 g/mol. The quantitative estimate of drug-likeness (QED) is 0.715. The highest BCUT2D eigenvalue weighted by molar-refractivity contribution is 7.88. The molecule has 2 fully saturated rings. The van der Waals surface area contributed by atoms with Gasteiger partial charge in [0.05, 0.1) is 30.9 Å². The van der Waals surface area contributed by atoms with Gasteiger partial charge in [-0.3, -0.25) is 0 Å². The number of anilines is 2. The van der Waals surface area contributed by atoms with Crippen LogP contribution in [0.5, 0.6) is 0 Å². The zero-order chi connectivity index (χ0) is 20.3. The van der Waals surface area contributed by atoms with E-state index < -0.39 is 15.8 Å². The van der Waals surface area contributed by atoms with Crippen LogP contribution in [0.1, 0.15) is 5.56 Å². The van der Waals surface area contributed by atoms with Crippen molar-refractivity contribution in [2.24, 2.45) is 0 Å². The number of ether oxygens (including phenoxy) is 1. The van der Waals surface area contributed by atoms with E-state index in [2.05, 4.69) is 15.1 Å². The Hall–Kier alpha value is -2.30. The number of hydrogen-bond donors (Lipinski definition) is 0. The van der Waals surface area contributed by atoms with Crippen molar-refractivity contribution in [1.82, 2.24) is 14.5 Å². The summed E-state index contributed by atoms with van der Waals surface area (Å²) in [5.41, 5.74) is 1.45. The van der Waals surface area contributed by atoms with Crippen molar-refractivity contribution in [3.05, 3.63) is 47.9 Å². The number of halogens is 1. The molecule has 8 nitrogen and oxygen atoms in total. The normalized spacial score (nSPS) is 18.8. The van der Waals surface area contributed by atoms with Crippen molar-refractivity contribution in [3.63, 3.8) is 0 Å². The molecule has 0 amide bonds. The number of morpholine rings is 1. The van der Waals surface area contributed by atoms with E-state index in [1.54, 1.807) is 12.3 Å². The molecule has 0 saturated carbocycles. The summed E-state index contributed by atoms with van der Waals surface area (Å²) in [5.74, 6) is 0.120. The number of benzene rings is 1. The van der Waals surface area contributed by atoms with Crippen molar-refractivity contribution in [3.8, 4) is 0 Å². The first kappa shape index (κ1) is 20.0. The van der Waals surface area contributed by atoms with Crippen LogP contribution in [-0.2, 0) is 20.5 Å². The molecule has 4 rings (SSSR count). The highest BCUT2D eigenvalue weighted by Crippen LogP contribution is 2.22. The molecule has 1 aromatic heterocycles. The first-order chi connectivity index (χ1) is 14.0. The van der Waals surface area contributed by atoms with Crippen LogP contribution in [0.3, 0.4) is 0 Å². The fourth-order valence-electron chi connectivity index (χ4n) is 3.62. The highest BCUT2D eigenvalue weighted by atomic mass is 32.2. The molecule has 3 heterocycles. The topological polar surface area (TPSA) is 78.9 Å². The minimum atomic E-state index is -3.50. The maximum atomic E-state index is 13.4. The molecule has 0 bridgehead atoms. The lowest BCUT2D eigenvalue weighted by Gasteiger charge is -2.35. The Labute approximate surface area is 169 Å². The average molecular weight is 421 g/mol. The van der Waals surface area contributed by atoms with Crippen LogP contribution < -0.4 is 9.80 Å². The van der Waals surface area contributed by atoms with E-state index in [0.29, 0.717) is 45.0 Å². The van der Waals surface area contributed by atoms with E-state index in [4.69, 9.17) is 4.74 Å². The third-order valence-corrected chi connectivity index (χ3v) is 7.05. The molecule has 0 atom stereocenters. The molecule has 2 saturated heterocycles. The van der Waals surface area contributed by atoms with Gasteiger partial charge < -0.3 is 14.5 Å². The lowest BCUT2D eigenvalue weighted by atomic mass is 10.2. The smallest absolute Gasteiger partial charge is 0.218 e. The third-order valence-electron chi connectivity index (χ3n) is 5.20. The molecule has 10 heteroatoms. The molecule has 1 aromatic carbocycles. The van der Waals surface area contributed by atoms with Crippen molar-refractivity contribution < 1.29 is 17.5 Å². The van der Waals surface area contributed by atoms with Crippen LogP contribution in [0.15, 0.2) is 36.5 Å². The van der Waals surface area contributed by atoms with Gasteiger partial charge in [0.2, 0.25) is 10.0 Å². The van der Waals surface area contributed by atoms with Gasteiger partial charge >= 0.3 is 0 Å². The van der Waals surface area contributed by atoms with Crippen LogP contribution in [0.2, 0.25) is 0 Å². The Kier molecular flexibility index (Phi) is 5.93. The number of nitrogens with zero attached hydrogens (tertiary/aromatic N) is 5. The number of piperazine rings is 1. The summed E-state index contributed by atoms with van der Waals surface area (Å²) in [6.45, 7) is 4.81. The number of rotatable bonds is 5. The third kappa shape index (κ3) is 4.82. The van der Waals surface area contributed by atoms with E-state index in [0.717, 1.165) is 24.6 Å². The van der Waals surface area contributed by atoms with Crippen molar-refractivity contribution in [2.45, 2.75) is 5.75 Å². The van der Waals surface area contributed by atoms with Crippen molar-refractivity contribution >= 4 is 21.5 Å². The highest BCUT2D eigenvalue weighted by Gasteiger charge is 2.28. The summed E-state index contributed by atoms with van der Waals surface area (Å²) in [6, 6.07) is 7.72. The first-order valence-corrected chi connectivity index (χ1v) is 11.2. The van der Waals surface area contributed by atoms with Gasteiger partial charge in [0, 0.05) is 45.3 Å². The van der Waals surface area contributed by atoms with E-state index >= 15 is 0 Å². The molecule has 0 aliphatic carbocycles. The van der Waals surface area contributed by atoms with Gasteiger partial charge in [0.15, 0.2) is 5.82 Å². The average Bonchev–Trinajstić information content (AvgIpc) is 2.74. The van der Waals surface area contributed by atoms with Gasteiger partial charge in [-0.25, -0.2) is 12.8 Å². The van der Waals surface area contributed by atoms with Gasteiger partial charge in [-0.1, -0.05) is 12.1 Å². The van der Waals surface area contributed by atoms with Crippen molar-refractivity contribution in [2.75, 3.05) is 62.3 Å². The lowest BCUT2D eigenvalue weighted by Crippen LogP contribution is -2.49. The summed E-state index contributed by atoms with van der Waals surface area (Å²) < 4.78 is 45.6. The summed E-state index contributed by atoms with van der Waals surface area (Å²) >= 11 is 0. The maximum Gasteiger partial charge on any atom is 0.218 e. The molecule has 156 valence electrons. The molecule has 0 unspecified atom stereocenters.